The second kappa shape index (κ2) is 14.4. The summed E-state index contributed by atoms with van der Waals surface area (Å²) in [6.07, 6.45) is 5.23. The summed E-state index contributed by atoms with van der Waals surface area (Å²) in [5.41, 5.74) is 5.55. The van der Waals surface area contributed by atoms with Gasteiger partial charge in [-0.1, -0.05) is 41.4 Å². The predicted octanol–water partition coefficient (Wildman–Crippen LogP) is 4.63. The van der Waals surface area contributed by atoms with E-state index in [2.05, 4.69) is 25.8 Å². The Labute approximate surface area is 294 Å². The molecule has 0 aliphatic carbocycles. The molecule has 256 valence electrons. The first-order chi connectivity index (χ1) is 23.8. The van der Waals surface area contributed by atoms with Crippen molar-refractivity contribution in [2.24, 2.45) is 7.05 Å². The van der Waals surface area contributed by atoms with Crippen molar-refractivity contribution in [2.45, 2.75) is 50.9 Å². The molecule has 7 rings (SSSR count). The number of methoxy groups -OCH3 is 1. The minimum atomic E-state index is -0.350. The zero-order valence-electron chi connectivity index (χ0n) is 27.4. The lowest BCUT2D eigenvalue weighted by molar-refractivity contribution is -0.119. The molecule has 3 N–H and O–H groups in total. The second-order valence-corrected chi connectivity index (χ2v) is 13.4. The molecular weight excluding hydrogens is 667 g/mol. The van der Waals surface area contributed by atoms with Crippen molar-refractivity contribution >= 4 is 40.7 Å². The van der Waals surface area contributed by atoms with Crippen LogP contribution in [0.4, 0.5) is 5.69 Å². The van der Waals surface area contributed by atoms with Crippen LogP contribution in [0.3, 0.4) is 0 Å². The standard InChI is InChI=1S/C35H38Cl2N8O4/c1-44-28-11-14-45(18-22-12-15-49-22)19-27(28)41-33(44)34(47)42-26-5-3-4-24(30(26)36)32-31(37)23(10-13-39-32)25-8-6-20(35(43-25)48-2)16-38-17-21-7-9-29(46)40-21/h3-6,8,10,13,21-22,38H,7,9,11-12,14-19H2,1-2H3,(H,40,46)(H,42,47). The first-order valence-electron chi connectivity index (χ1n) is 16.5. The number of amides is 2. The Morgan fingerprint density at radius 1 is 1.10 bits per heavy atom. The van der Waals surface area contributed by atoms with E-state index in [1.54, 1.807) is 31.5 Å². The predicted molar refractivity (Wildman–Crippen MR) is 187 cm³/mol. The number of hydrogen-bond acceptors (Lipinski definition) is 9. The van der Waals surface area contributed by atoms with Gasteiger partial charge in [-0.15, -0.1) is 0 Å². The van der Waals surface area contributed by atoms with Crippen LogP contribution in [0.25, 0.3) is 22.5 Å². The molecule has 6 heterocycles. The van der Waals surface area contributed by atoms with Gasteiger partial charge in [0.15, 0.2) is 5.82 Å². The van der Waals surface area contributed by atoms with Crippen LogP contribution >= 0.6 is 23.2 Å². The number of aromatic nitrogens is 4. The fraction of sp³-hybridized carbons (Fsp3) is 0.400. The smallest absolute Gasteiger partial charge is 0.291 e. The maximum absolute atomic E-state index is 13.5. The summed E-state index contributed by atoms with van der Waals surface area (Å²) in [4.78, 5) is 41.4. The molecule has 0 bridgehead atoms. The topological polar surface area (TPSA) is 136 Å². The fourth-order valence-electron chi connectivity index (χ4n) is 6.62. The molecule has 0 radical (unpaired) electrons. The lowest BCUT2D eigenvalue weighted by Crippen LogP contribution is -2.42. The maximum atomic E-state index is 13.5. The van der Waals surface area contributed by atoms with Crippen LogP contribution in [0, 0.1) is 0 Å². The lowest BCUT2D eigenvalue weighted by Gasteiger charge is -2.34. The zero-order valence-corrected chi connectivity index (χ0v) is 28.9. The van der Waals surface area contributed by atoms with E-state index >= 15 is 0 Å². The Bertz CT molecular complexity index is 1900. The van der Waals surface area contributed by atoms with Gasteiger partial charge >= 0.3 is 0 Å². The Kier molecular flexibility index (Phi) is 9.84. The monoisotopic (exact) mass is 704 g/mol. The van der Waals surface area contributed by atoms with Crippen molar-refractivity contribution in [3.05, 3.63) is 75.4 Å². The van der Waals surface area contributed by atoms with Crippen molar-refractivity contribution in [1.82, 2.24) is 35.1 Å². The minimum Gasteiger partial charge on any atom is -0.481 e. The quantitative estimate of drug-likeness (QED) is 0.204. The number of fused-ring (bicyclic) bond motifs is 1. The summed E-state index contributed by atoms with van der Waals surface area (Å²) in [5, 5.41) is 9.96. The largest absolute Gasteiger partial charge is 0.481 e. The number of nitrogens with one attached hydrogen (secondary N) is 3. The molecule has 1 aromatic carbocycles. The number of halogens is 2. The zero-order chi connectivity index (χ0) is 34.1. The summed E-state index contributed by atoms with van der Waals surface area (Å²) in [6.45, 7) is 4.50. The summed E-state index contributed by atoms with van der Waals surface area (Å²) >= 11 is 13.9. The Morgan fingerprint density at radius 2 is 1.96 bits per heavy atom. The summed E-state index contributed by atoms with van der Waals surface area (Å²) in [5.74, 6) is 0.534. The highest BCUT2D eigenvalue weighted by atomic mass is 35.5. The third-order valence-corrected chi connectivity index (χ3v) is 10.2. The molecule has 14 heteroatoms. The lowest BCUT2D eigenvalue weighted by atomic mass is 10.1. The molecule has 0 saturated carbocycles. The number of ether oxygens (including phenoxy) is 2. The maximum Gasteiger partial charge on any atom is 0.291 e. The number of anilines is 1. The summed E-state index contributed by atoms with van der Waals surface area (Å²) < 4.78 is 13.1. The SMILES string of the molecule is COc1nc(-c2ccnc(-c3cccc(NC(=O)c4nc5c(n4C)CCN(CC4CCO4)C5)c3Cl)c2Cl)ccc1CNCC1CCC(=O)N1. The van der Waals surface area contributed by atoms with Crippen molar-refractivity contribution in [1.29, 1.82) is 0 Å². The molecule has 3 aliphatic heterocycles. The number of rotatable bonds is 11. The van der Waals surface area contributed by atoms with Crippen LogP contribution in [0.2, 0.25) is 10.0 Å². The number of pyridine rings is 2. The molecular formula is C35H38Cl2N8O4. The highest BCUT2D eigenvalue weighted by Crippen LogP contribution is 2.40. The molecule has 12 nitrogen and oxygen atoms in total. The van der Waals surface area contributed by atoms with Gasteiger partial charge in [-0.05, 0) is 31.0 Å². The van der Waals surface area contributed by atoms with Gasteiger partial charge in [0.1, 0.15) is 0 Å². The van der Waals surface area contributed by atoms with Crippen molar-refractivity contribution < 1.29 is 19.1 Å². The third kappa shape index (κ3) is 7.01. The van der Waals surface area contributed by atoms with E-state index in [9.17, 15) is 9.59 Å². The second-order valence-electron chi connectivity index (χ2n) is 12.6. The molecule has 49 heavy (non-hydrogen) atoms. The molecule has 2 fully saturated rings. The number of benzene rings is 1. The third-order valence-electron chi connectivity index (χ3n) is 9.38. The highest BCUT2D eigenvalue weighted by Gasteiger charge is 2.29. The van der Waals surface area contributed by atoms with Crippen LogP contribution in [0.15, 0.2) is 42.6 Å². The molecule has 2 atom stereocenters. The van der Waals surface area contributed by atoms with Crippen molar-refractivity contribution in [2.75, 3.05) is 38.7 Å². The van der Waals surface area contributed by atoms with Crippen LogP contribution < -0.4 is 20.7 Å². The number of imidazole rings is 1. The number of carbonyl (C=O) groups is 2. The van der Waals surface area contributed by atoms with Gasteiger partial charge in [0.2, 0.25) is 11.8 Å². The Morgan fingerprint density at radius 3 is 2.71 bits per heavy atom. The minimum absolute atomic E-state index is 0.0895. The molecule has 0 spiro atoms. The van der Waals surface area contributed by atoms with E-state index in [4.69, 9.17) is 42.6 Å². The van der Waals surface area contributed by atoms with Gasteiger partial charge in [0.05, 0.1) is 46.0 Å². The van der Waals surface area contributed by atoms with Gasteiger partial charge in [0.25, 0.3) is 5.91 Å². The van der Waals surface area contributed by atoms with Crippen molar-refractivity contribution in [3.63, 3.8) is 0 Å². The van der Waals surface area contributed by atoms with Crippen LogP contribution in [0.5, 0.6) is 5.88 Å². The van der Waals surface area contributed by atoms with E-state index in [-0.39, 0.29) is 24.0 Å². The Hall–Kier alpha value is -4.07. The molecule has 2 unspecified atom stereocenters. The van der Waals surface area contributed by atoms with Crippen LogP contribution in [0.1, 0.15) is 46.8 Å². The average molecular weight is 706 g/mol. The van der Waals surface area contributed by atoms with Crippen LogP contribution in [-0.2, 0) is 36.1 Å². The van der Waals surface area contributed by atoms with E-state index in [1.165, 1.54) is 0 Å². The fourth-order valence-corrected chi connectivity index (χ4v) is 7.19. The molecule has 3 aliphatic rings. The van der Waals surface area contributed by atoms with E-state index < -0.39 is 0 Å². The first-order valence-corrected chi connectivity index (χ1v) is 17.2. The number of nitrogens with zero attached hydrogens (tertiary/aromatic N) is 5. The normalized spacial score (nSPS) is 18.9. The van der Waals surface area contributed by atoms with Crippen molar-refractivity contribution in [3.8, 4) is 28.4 Å². The molecule has 2 saturated heterocycles. The van der Waals surface area contributed by atoms with Crippen LogP contribution in [-0.4, -0.2) is 81.7 Å². The average Bonchev–Trinajstić information content (AvgIpc) is 3.65. The molecule has 2 amide bonds. The van der Waals surface area contributed by atoms with Gasteiger partial charge in [-0.2, -0.15) is 0 Å². The van der Waals surface area contributed by atoms with Gasteiger partial charge in [-0.3, -0.25) is 19.5 Å². The summed E-state index contributed by atoms with van der Waals surface area (Å²) in [7, 11) is 3.45. The Balaban J connectivity index is 1.07. The number of carbonyl (C=O) groups excluding carboxylic acids is 2. The van der Waals surface area contributed by atoms with Gasteiger partial charge in [-0.25, -0.2) is 9.97 Å². The number of hydrogen-bond donors (Lipinski definition) is 3. The van der Waals surface area contributed by atoms with E-state index in [0.717, 1.165) is 55.9 Å². The van der Waals surface area contributed by atoms with Gasteiger partial charge in [0, 0.05) is 93.8 Å². The van der Waals surface area contributed by atoms with Gasteiger partial charge < -0.3 is 30.0 Å². The van der Waals surface area contributed by atoms with E-state index in [0.29, 0.717) is 76.0 Å². The first kappa shape index (κ1) is 33.4. The highest BCUT2D eigenvalue weighted by molar-refractivity contribution is 6.39. The van der Waals surface area contributed by atoms with E-state index in [1.807, 2.05) is 29.8 Å². The molecule has 3 aromatic heterocycles. The molecule has 4 aromatic rings. The summed E-state index contributed by atoms with van der Waals surface area (Å²) in [6, 6.07) is 11.1.